The van der Waals surface area contributed by atoms with E-state index in [9.17, 15) is 34.5 Å². The Balaban J connectivity index is 1.30. The summed E-state index contributed by atoms with van der Waals surface area (Å²) < 4.78 is 0.367. The Morgan fingerprint density at radius 2 is 2.02 bits per heavy atom. The van der Waals surface area contributed by atoms with E-state index in [1.165, 1.54) is 48.0 Å². The van der Waals surface area contributed by atoms with Crippen molar-refractivity contribution in [3.8, 4) is 11.5 Å². The molecule has 2 atom stereocenters. The summed E-state index contributed by atoms with van der Waals surface area (Å²) in [6.07, 6.45) is 0. The number of carboxylic acid groups (broad SMARTS) is 1. The van der Waals surface area contributed by atoms with Gasteiger partial charge in [-0.25, -0.2) is 14.9 Å². The maximum atomic E-state index is 13.7. The van der Waals surface area contributed by atoms with Crippen LogP contribution in [0, 0.1) is 0 Å². The van der Waals surface area contributed by atoms with Crippen LogP contribution in [0.1, 0.15) is 35.7 Å². The standard InChI is InChI=1S/C28H32ClN11O8S2/c1-28(2,26(46)47)48-36-17(14-11-50-27(30)32-14)23(44)33-18-24(45)39-19(21-34-37-38-35-21)12(10-49-25(18)39)9-40(3,4)8-7-31-22(43)13-5-6-15(41)20(42)16(13)29/h5-6,11,18,25H,7-10H2,1-4H3,(H7-,30,31,32,33,34,35,36,37,38,41,42,43,44,46,47)/p+1/t18-,25-/m1/s1. The van der Waals surface area contributed by atoms with Gasteiger partial charge >= 0.3 is 5.97 Å². The van der Waals surface area contributed by atoms with Gasteiger partial charge in [0.05, 0.1) is 43.5 Å². The number of aromatic nitrogens is 5. The molecule has 0 unspecified atom stereocenters. The summed E-state index contributed by atoms with van der Waals surface area (Å²) in [5.74, 6) is -3.45. The number of rotatable bonds is 13. The number of nitrogens with zero attached hydrogens (tertiary/aromatic N) is 7. The van der Waals surface area contributed by atoms with Gasteiger partial charge in [0.15, 0.2) is 28.2 Å². The molecule has 2 aliphatic heterocycles. The average Bonchev–Trinajstić information content (AvgIpc) is 3.74. The number of aliphatic carboxylic acids is 1. The molecular formula is C28H33ClN11O8S2+. The highest BCUT2D eigenvalue weighted by Crippen LogP contribution is 2.43. The van der Waals surface area contributed by atoms with E-state index in [0.717, 1.165) is 16.9 Å². The van der Waals surface area contributed by atoms with E-state index in [1.54, 1.807) is 0 Å². The largest absolute Gasteiger partial charge is 0.504 e. The van der Waals surface area contributed by atoms with E-state index >= 15 is 0 Å². The summed E-state index contributed by atoms with van der Waals surface area (Å²) in [5, 5.41) is 53.0. The number of carboxylic acids is 1. The molecule has 0 spiro atoms. The van der Waals surface area contributed by atoms with Gasteiger partial charge in [0, 0.05) is 16.7 Å². The zero-order valence-electron chi connectivity index (χ0n) is 27.0. The number of likely N-dealkylation sites (N-methyl/N-ethyl adjacent to an activating group) is 1. The number of thiazole rings is 1. The molecule has 1 fully saturated rings. The number of carbonyl (C=O) groups excluding carboxylic acids is 3. The number of hydrogen-bond acceptors (Lipinski definition) is 15. The lowest BCUT2D eigenvalue weighted by atomic mass is 10.0. The molecule has 22 heteroatoms. The van der Waals surface area contributed by atoms with Crippen molar-refractivity contribution in [2.45, 2.75) is 30.9 Å². The zero-order chi connectivity index (χ0) is 36.5. The van der Waals surface area contributed by atoms with Crippen molar-refractivity contribution in [3.05, 3.63) is 45.2 Å². The molecule has 2 aromatic heterocycles. The number of hydrogen-bond donors (Lipinski definition) is 7. The third-order valence-electron chi connectivity index (χ3n) is 7.72. The molecule has 1 saturated heterocycles. The number of H-pyrrole nitrogens is 1. The number of nitrogen functional groups attached to an aromatic ring is 1. The lowest BCUT2D eigenvalue weighted by molar-refractivity contribution is -0.884. The molecule has 3 aromatic rings. The number of phenolic OH excluding ortho intramolecular Hbond substituents is 2. The van der Waals surface area contributed by atoms with Crippen LogP contribution in [0.4, 0.5) is 5.13 Å². The first-order chi connectivity index (χ1) is 23.5. The number of β-lactam (4-membered cyclic amide) rings is 1. The van der Waals surface area contributed by atoms with Crippen molar-refractivity contribution < 1.29 is 43.8 Å². The van der Waals surface area contributed by atoms with Crippen LogP contribution < -0.4 is 16.4 Å². The number of phenols is 2. The zero-order valence-corrected chi connectivity index (χ0v) is 29.4. The maximum Gasteiger partial charge on any atom is 0.350 e. The molecule has 0 aliphatic carbocycles. The van der Waals surface area contributed by atoms with Gasteiger partial charge in [-0.15, -0.1) is 28.2 Å². The monoisotopic (exact) mass is 750 g/mol. The SMILES string of the molecule is CC(C)(O/N=C(\C(=O)N[C@@H]1C(=O)N2C(c3nnn[nH]3)=C(C[N+](C)(C)CCNC(=O)c3ccc(O)c(O)c3Cl)CS[C@H]12)c1csc(N)n1)C(=O)O. The van der Waals surface area contributed by atoms with Crippen LogP contribution in [-0.2, 0) is 19.2 Å². The Morgan fingerprint density at radius 3 is 2.66 bits per heavy atom. The van der Waals surface area contributed by atoms with Crippen LogP contribution >= 0.6 is 34.7 Å². The maximum absolute atomic E-state index is 13.7. The first kappa shape index (κ1) is 36.3. The van der Waals surface area contributed by atoms with Gasteiger partial charge in [-0.3, -0.25) is 19.3 Å². The molecule has 266 valence electrons. The molecule has 5 rings (SSSR count). The number of anilines is 1. The Morgan fingerprint density at radius 1 is 1.28 bits per heavy atom. The smallest absolute Gasteiger partial charge is 0.350 e. The number of aromatic hydroxyl groups is 2. The third kappa shape index (κ3) is 7.44. The fourth-order valence-electron chi connectivity index (χ4n) is 4.99. The van der Waals surface area contributed by atoms with Crippen LogP contribution in [0.15, 0.2) is 28.2 Å². The highest BCUT2D eigenvalue weighted by atomic mass is 35.5. The summed E-state index contributed by atoms with van der Waals surface area (Å²) in [6.45, 7) is 3.62. The number of nitrogens with one attached hydrogen (secondary N) is 3. The number of fused-ring (bicyclic) bond motifs is 1. The number of tetrazole rings is 1. The Hall–Kier alpha value is -4.99. The Bertz CT molecular complexity index is 1900. The molecule has 3 amide bonds. The molecule has 19 nitrogen and oxygen atoms in total. The summed E-state index contributed by atoms with van der Waals surface area (Å²) >= 11 is 8.47. The van der Waals surface area contributed by atoms with E-state index < -0.39 is 52.2 Å². The number of oxime groups is 1. The fourth-order valence-corrected chi connectivity index (χ4v) is 7.12. The number of benzene rings is 1. The Kier molecular flexibility index (Phi) is 10.2. The van der Waals surface area contributed by atoms with Crippen molar-refractivity contribution in [3.63, 3.8) is 0 Å². The number of quaternary nitrogens is 1. The second-order valence-electron chi connectivity index (χ2n) is 12.3. The van der Waals surface area contributed by atoms with Crippen molar-refractivity contribution in [1.29, 1.82) is 0 Å². The highest BCUT2D eigenvalue weighted by molar-refractivity contribution is 8.00. The lowest BCUT2D eigenvalue weighted by Gasteiger charge is -2.50. The van der Waals surface area contributed by atoms with Crippen LogP contribution in [0.5, 0.6) is 11.5 Å². The minimum absolute atomic E-state index is 0.00785. The number of aromatic amines is 1. The van der Waals surface area contributed by atoms with Gasteiger partial charge < -0.3 is 41.0 Å². The van der Waals surface area contributed by atoms with Crippen molar-refractivity contribution in [2.24, 2.45) is 5.16 Å². The predicted octanol–water partition coefficient (Wildman–Crippen LogP) is 0.205. The minimum Gasteiger partial charge on any atom is -0.504 e. The second kappa shape index (κ2) is 14.1. The van der Waals surface area contributed by atoms with Gasteiger partial charge in [-0.05, 0) is 36.4 Å². The second-order valence-corrected chi connectivity index (χ2v) is 14.7. The number of carbonyl (C=O) groups is 4. The average molecular weight is 751 g/mol. The summed E-state index contributed by atoms with van der Waals surface area (Å²) in [5.41, 5.74) is 4.97. The predicted molar refractivity (Wildman–Crippen MR) is 181 cm³/mol. The summed E-state index contributed by atoms with van der Waals surface area (Å²) in [7, 11) is 3.87. The van der Waals surface area contributed by atoms with E-state index in [-0.39, 0.29) is 39.5 Å². The van der Waals surface area contributed by atoms with Crippen molar-refractivity contribution in [2.75, 3.05) is 45.2 Å². The molecule has 4 heterocycles. The topological polar surface area (TPSA) is 271 Å². The summed E-state index contributed by atoms with van der Waals surface area (Å²) in [6, 6.07) is 1.49. The van der Waals surface area contributed by atoms with Crippen LogP contribution in [0.25, 0.3) is 5.70 Å². The first-order valence-electron chi connectivity index (χ1n) is 14.7. The van der Waals surface area contributed by atoms with Gasteiger partial charge in [0.25, 0.3) is 17.7 Å². The molecule has 0 saturated carbocycles. The number of thioether (sulfide) groups is 1. The van der Waals surface area contributed by atoms with E-state index in [2.05, 4.69) is 41.4 Å². The van der Waals surface area contributed by atoms with Gasteiger partial charge in [-0.2, -0.15) is 0 Å². The molecule has 2 aliphatic rings. The lowest BCUT2D eigenvalue weighted by Crippen LogP contribution is -2.70. The number of halogens is 1. The normalized spacial score (nSPS) is 18.0. The van der Waals surface area contributed by atoms with Crippen molar-refractivity contribution in [1.82, 2.24) is 41.1 Å². The third-order valence-corrected chi connectivity index (χ3v) is 10.1. The quantitative estimate of drug-likeness (QED) is 0.0405. The van der Waals surface area contributed by atoms with E-state index in [1.807, 2.05) is 14.1 Å². The van der Waals surface area contributed by atoms with Crippen LogP contribution in [0.2, 0.25) is 5.02 Å². The first-order valence-corrected chi connectivity index (χ1v) is 17.0. The number of nitrogens with two attached hydrogens (primary N) is 1. The Labute approximate surface area is 297 Å². The molecule has 50 heavy (non-hydrogen) atoms. The van der Waals surface area contributed by atoms with E-state index in [4.69, 9.17) is 22.2 Å². The van der Waals surface area contributed by atoms with E-state index in [0.29, 0.717) is 29.0 Å². The van der Waals surface area contributed by atoms with Gasteiger partial charge in [0.1, 0.15) is 23.7 Å². The van der Waals surface area contributed by atoms with Gasteiger partial charge in [-0.1, -0.05) is 16.8 Å². The molecule has 0 radical (unpaired) electrons. The number of amides is 3. The van der Waals surface area contributed by atoms with Crippen LogP contribution in [-0.4, -0.2) is 136 Å². The molecule has 0 bridgehead atoms. The minimum atomic E-state index is -1.76. The van der Waals surface area contributed by atoms with Gasteiger partial charge in [0.2, 0.25) is 5.60 Å². The molecule has 1 aromatic carbocycles. The molecule has 8 N–H and O–H groups in total. The fraction of sp³-hybridized carbons (Fsp3) is 0.393. The van der Waals surface area contributed by atoms with Crippen LogP contribution in [0.3, 0.4) is 0 Å². The van der Waals surface area contributed by atoms with Crippen molar-refractivity contribution >= 4 is 74.9 Å². The highest BCUT2D eigenvalue weighted by Gasteiger charge is 2.54. The summed E-state index contributed by atoms with van der Waals surface area (Å²) in [4.78, 5) is 62.2. The molecular weight excluding hydrogens is 718 g/mol.